The highest BCUT2D eigenvalue weighted by Gasteiger charge is 2.21. The normalized spacial score (nSPS) is 12.7. The van der Waals surface area contributed by atoms with E-state index in [9.17, 15) is 13.2 Å². The average Bonchev–Trinajstić information content (AvgIpc) is 3.20. The van der Waals surface area contributed by atoms with E-state index < -0.39 is 9.84 Å². The Morgan fingerprint density at radius 2 is 1.75 bits per heavy atom. The van der Waals surface area contributed by atoms with Gasteiger partial charge >= 0.3 is 0 Å². The fourth-order valence-electron chi connectivity index (χ4n) is 2.99. The lowest BCUT2D eigenvalue weighted by atomic mass is 10.0. The number of carbonyl (C=O) groups excluding carboxylic acids is 1. The summed E-state index contributed by atoms with van der Waals surface area (Å²) in [5.41, 5.74) is 1.05. The molecule has 0 spiro atoms. The van der Waals surface area contributed by atoms with Crippen LogP contribution in [0.5, 0.6) is 0 Å². The fourth-order valence-corrected chi connectivity index (χ4v) is 5.30. The number of hydrogen-bond donors (Lipinski definition) is 1. The van der Waals surface area contributed by atoms with Crippen LogP contribution < -0.4 is 5.32 Å². The summed E-state index contributed by atoms with van der Waals surface area (Å²) < 4.78 is 25.2. The van der Waals surface area contributed by atoms with Gasteiger partial charge in [0.1, 0.15) is 0 Å². The van der Waals surface area contributed by atoms with Crippen LogP contribution in [0, 0.1) is 5.92 Å². The van der Waals surface area contributed by atoms with E-state index in [1.165, 1.54) is 0 Å². The second kappa shape index (κ2) is 8.71. The first-order valence-electron chi connectivity index (χ1n) is 9.08. The minimum Gasteiger partial charge on any atom is -0.344 e. The maximum absolute atomic E-state index is 12.8. The van der Waals surface area contributed by atoms with Gasteiger partial charge in [-0.05, 0) is 47.2 Å². The molecule has 0 saturated heterocycles. The summed E-state index contributed by atoms with van der Waals surface area (Å²) in [7, 11) is -3.46. The molecular formula is C22H23NO3S2. The molecule has 6 heteroatoms. The first-order valence-corrected chi connectivity index (χ1v) is 11.6. The number of nitrogens with one attached hydrogen (secondary N) is 1. The Morgan fingerprint density at radius 3 is 2.39 bits per heavy atom. The van der Waals surface area contributed by atoms with Gasteiger partial charge in [-0.25, -0.2) is 8.42 Å². The molecule has 1 atom stereocenters. The summed E-state index contributed by atoms with van der Waals surface area (Å²) in [6, 6.07) is 19.1. The Hall–Kier alpha value is -2.44. The van der Waals surface area contributed by atoms with Gasteiger partial charge in [-0.3, -0.25) is 4.79 Å². The molecule has 1 aromatic heterocycles. The predicted octanol–water partition coefficient (Wildman–Crippen LogP) is 4.85. The third kappa shape index (κ3) is 4.88. The Morgan fingerprint density at radius 1 is 1.00 bits per heavy atom. The van der Waals surface area contributed by atoms with Gasteiger partial charge in [0.2, 0.25) is 0 Å². The molecule has 3 aromatic rings. The van der Waals surface area contributed by atoms with Crippen molar-refractivity contribution in [1.82, 2.24) is 5.32 Å². The molecule has 0 fully saturated rings. The summed E-state index contributed by atoms with van der Waals surface area (Å²) in [6.45, 7) is 4.13. The Bertz CT molecular complexity index is 1030. The number of rotatable bonds is 7. The zero-order valence-electron chi connectivity index (χ0n) is 15.8. The van der Waals surface area contributed by atoms with Crippen molar-refractivity contribution in [1.29, 1.82) is 0 Å². The molecule has 1 heterocycles. The van der Waals surface area contributed by atoms with Crippen molar-refractivity contribution in [2.75, 3.05) is 0 Å². The second-order valence-corrected chi connectivity index (χ2v) is 9.95. The van der Waals surface area contributed by atoms with Gasteiger partial charge in [0.05, 0.1) is 16.7 Å². The van der Waals surface area contributed by atoms with Crippen LogP contribution in [0.2, 0.25) is 0 Å². The molecular weight excluding hydrogens is 390 g/mol. The van der Waals surface area contributed by atoms with Crippen molar-refractivity contribution in [3.8, 4) is 0 Å². The van der Waals surface area contributed by atoms with Crippen molar-refractivity contribution in [2.45, 2.75) is 30.5 Å². The van der Waals surface area contributed by atoms with Crippen LogP contribution in [0.4, 0.5) is 0 Å². The first kappa shape index (κ1) is 20.3. The van der Waals surface area contributed by atoms with Crippen LogP contribution in [-0.4, -0.2) is 14.3 Å². The highest BCUT2D eigenvalue weighted by molar-refractivity contribution is 7.90. The zero-order valence-corrected chi connectivity index (χ0v) is 17.5. The number of sulfone groups is 1. The molecule has 0 aliphatic carbocycles. The number of carbonyl (C=O) groups is 1. The predicted molar refractivity (Wildman–Crippen MR) is 113 cm³/mol. The van der Waals surface area contributed by atoms with Gasteiger partial charge in [0.25, 0.3) is 5.91 Å². The minimum atomic E-state index is -3.46. The third-order valence-corrected chi connectivity index (χ3v) is 7.11. The van der Waals surface area contributed by atoms with Crippen LogP contribution in [-0.2, 0) is 15.6 Å². The highest BCUT2D eigenvalue weighted by atomic mass is 32.2. The third-order valence-electron chi connectivity index (χ3n) is 4.45. The van der Waals surface area contributed by atoms with Gasteiger partial charge in [-0.15, -0.1) is 11.3 Å². The lowest BCUT2D eigenvalue weighted by Crippen LogP contribution is -2.31. The molecule has 1 unspecified atom stereocenters. The van der Waals surface area contributed by atoms with E-state index in [0.717, 1.165) is 4.88 Å². The highest BCUT2D eigenvalue weighted by Crippen LogP contribution is 2.26. The Kier molecular flexibility index (Phi) is 6.31. The van der Waals surface area contributed by atoms with Gasteiger partial charge in [-0.1, -0.05) is 50.2 Å². The van der Waals surface area contributed by atoms with E-state index in [1.807, 2.05) is 17.5 Å². The standard InChI is InChI=1S/C22H23NO3S2/c1-16(2)21(20-12-7-13-27-20)23-22(24)18-9-6-8-17(14-18)15-28(25,26)19-10-4-3-5-11-19/h3-14,16,21H,15H2,1-2H3,(H,23,24). The van der Waals surface area contributed by atoms with E-state index in [0.29, 0.717) is 11.1 Å². The van der Waals surface area contributed by atoms with Crippen LogP contribution in [0.15, 0.2) is 77.0 Å². The molecule has 3 rings (SSSR count). The van der Waals surface area contributed by atoms with Crippen LogP contribution in [0.25, 0.3) is 0 Å². The molecule has 4 nitrogen and oxygen atoms in total. The minimum absolute atomic E-state index is 0.0794. The maximum Gasteiger partial charge on any atom is 0.251 e. The summed E-state index contributed by atoms with van der Waals surface area (Å²) in [4.78, 5) is 14.2. The van der Waals surface area contributed by atoms with Crippen molar-refractivity contribution in [3.63, 3.8) is 0 Å². The van der Waals surface area contributed by atoms with E-state index in [-0.39, 0.29) is 28.5 Å². The molecule has 0 aliphatic heterocycles. The molecule has 0 radical (unpaired) electrons. The molecule has 28 heavy (non-hydrogen) atoms. The number of thiophene rings is 1. The van der Waals surface area contributed by atoms with Gasteiger partial charge in [-0.2, -0.15) is 0 Å². The molecule has 2 aromatic carbocycles. The molecule has 0 bridgehead atoms. The van der Waals surface area contributed by atoms with E-state index in [1.54, 1.807) is 65.9 Å². The number of benzene rings is 2. The maximum atomic E-state index is 12.8. The molecule has 1 N–H and O–H groups in total. The van der Waals surface area contributed by atoms with Gasteiger partial charge in [0, 0.05) is 10.4 Å². The summed E-state index contributed by atoms with van der Waals surface area (Å²) in [6.07, 6.45) is 0. The van der Waals surface area contributed by atoms with E-state index >= 15 is 0 Å². The van der Waals surface area contributed by atoms with Crippen molar-refractivity contribution in [2.24, 2.45) is 5.92 Å². The summed E-state index contributed by atoms with van der Waals surface area (Å²) in [5.74, 6) is -0.105. The molecule has 0 saturated carbocycles. The van der Waals surface area contributed by atoms with Crippen molar-refractivity contribution >= 4 is 27.1 Å². The lowest BCUT2D eigenvalue weighted by Gasteiger charge is -2.21. The fraction of sp³-hybridized carbons (Fsp3) is 0.227. The number of amides is 1. The van der Waals surface area contributed by atoms with Crippen molar-refractivity contribution < 1.29 is 13.2 Å². The number of hydrogen-bond acceptors (Lipinski definition) is 4. The summed E-state index contributed by atoms with van der Waals surface area (Å²) in [5, 5.41) is 5.07. The largest absolute Gasteiger partial charge is 0.344 e. The average molecular weight is 414 g/mol. The van der Waals surface area contributed by atoms with Crippen LogP contribution >= 0.6 is 11.3 Å². The molecule has 146 valence electrons. The first-order chi connectivity index (χ1) is 13.4. The van der Waals surface area contributed by atoms with Crippen LogP contribution in [0.3, 0.4) is 0 Å². The molecule has 0 aliphatic rings. The van der Waals surface area contributed by atoms with E-state index in [4.69, 9.17) is 0 Å². The smallest absolute Gasteiger partial charge is 0.251 e. The molecule has 1 amide bonds. The summed E-state index contributed by atoms with van der Waals surface area (Å²) >= 11 is 1.61. The zero-order chi connectivity index (χ0) is 20.1. The lowest BCUT2D eigenvalue weighted by molar-refractivity contribution is 0.0926. The van der Waals surface area contributed by atoms with Gasteiger partial charge < -0.3 is 5.32 Å². The van der Waals surface area contributed by atoms with Crippen molar-refractivity contribution in [3.05, 3.63) is 88.1 Å². The van der Waals surface area contributed by atoms with E-state index in [2.05, 4.69) is 19.2 Å². The quantitative estimate of drug-likeness (QED) is 0.602. The monoisotopic (exact) mass is 413 g/mol. The topological polar surface area (TPSA) is 63.2 Å². The SMILES string of the molecule is CC(C)C(NC(=O)c1cccc(CS(=O)(=O)c2ccccc2)c1)c1cccs1. The second-order valence-electron chi connectivity index (χ2n) is 6.98. The Labute approximate surface area is 170 Å². The van der Waals surface area contributed by atoms with Crippen LogP contribution in [0.1, 0.15) is 40.7 Å². The van der Waals surface area contributed by atoms with Gasteiger partial charge in [0.15, 0.2) is 9.84 Å². The Balaban J connectivity index is 1.78.